The Morgan fingerprint density at radius 3 is 2.75 bits per heavy atom. The van der Waals surface area contributed by atoms with E-state index in [-0.39, 0.29) is 6.61 Å². The van der Waals surface area contributed by atoms with Crippen LogP contribution in [0.2, 0.25) is 0 Å². The molecular formula is C10H8F3NO2. The lowest BCUT2D eigenvalue weighted by atomic mass is 10.1. The van der Waals surface area contributed by atoms with Crippen molar-refractivity contribution in [1.29, 1.82) is 0 Å². The van der Waals surface area contributed by atoms with Gasteiger partial charge >= 0.3 is 12.1 Å². The molecule has 0 aliphatic carbocycles. The fraction of sp³-hybridized carbons (Fsp3) is 0.300. The van der Waals surface area contributed by atoms with Crippen molar-refractivity contribution < 1.29 is 22.7 Å². The third-order valence-electron chi connectivity index (χ3n) is 2.26. The number of amides is 1. The van der Waals surface area contributed by atoms with Crippen LogP contribution < -0.4 is 10.1 Å². The van der Waals surface area contributed by atoms with Crippen LogP contribution in [0.15, 0.2) is 24.3 Å². The number of para-hydroxylation sites is 1. The lowest BCUT2D eigenvalue weighted by molar-refractivity contribution is -0.174. The van der Waals surface area contributed by atoms with Crippen molar-refractivity contribution >= 4 is 5.91 Å². The van der Waals surface area contributed by atoms with Crippen molar-refractivity contribution in [2.45, 2.75) is 12.2 Å². The van der Waals surface area contributed by atoms with Crippen molar-refractivity contribution in [1.82, 2.24) is 5.32 Å². The highest BCUT2D eigenvalue weighted by Crippen LogP contribution is 2.32. The lowest BCUT2D eigenvalue weighted by Crippen LogP contribution is -2.39. The van der Waals surface area contributed by atoms with E-state index in [1.165, 1.54) is 0 Å². The highest BCUT2D eigenvalue weighted by molar-refractivity contribution is 5.82. The van der Waals surface area contributed by atoms with E-state index in [1.54, 1.807) is 24.3 Å². The maximum Gasteiger partial charge on any atom is 0.471 e. The summed E-state index contributed by atoms with van der Waals surface area (Å²) in [6, 6.07) is 5.94. The molecule has 0 saturated carbocycles. The molecule has 86 valence electrons. The Labute approximate surface area is 89.2 Å². The first-order valence-corrected chi connectivity index (χ1v) is 4.58. The first-order valence-electron chi connectivity index (χ1n) is 4.58. The first-order chi connectivity index (χ1) is 7.48. The second-order valence-electron chi connectivity index (χ2n) is 3.37. The number of alkyl halides is 3. The fourth-order valence-corrected chi connectivity index (χ4v) is 1.52. The molecule has 1 aliphatic rings. The van der Waals surface area contributed by atoms with E-state index in [0.29, 0.717) is 11.3 Å². The molecule has 1 heterocycles. The molecule has 0 radical (unpaired) electrons. The number of halogens is 3. The zero-order valence-electron chi connectivity index (χ0n) is 8.04. The SMILES string of the molecule is O=C(NC1COc2ccccc21)C(F)(F)F. The molecule has 0 saturated heterocycles. The van der Waals surface area contributed by atoms with E-state index in [0.717, 1.165) is 0 Å². The van der Waals surface area contributed by atoms with Crippen LogP contribution in [-0.2, 0) is 4.79 Å². The van der Waals surface area contributed by atoms with Crippen molar-refractivity contribution in [2.75, 3.05) is 6.61 Å². The third-order valence-corrected chi connectivity index (χ3v) is 2.26. The molecule has 1 aromatic carbocycles. The summed E-state index contributed by atoms with van der Waals surface area (Å²) in [6.45, 7) is 0.0289. The molecule has 2 rings (SSSR count). The molecule has 1 aliphatic heterocycles. The summed E-state index contributed by atoms with van der Waals surface area (Å²) < 4.78 is 41.2. The maximum atomic E-state index is 12.0. The average molecular weight is 231 g/mol. The van der Waals surface area contributed by atoms with E-state index >= 15 is 0 Å². The number of rotatable bonds is 1. The van der Waals surface area contributed by atoms with E-state index in [9.17, 15) is 18.0 Å². The number of carbonyl (C=O) groups excluding carboxylic acids is 1. The van der Waals surface area contributed by atoms with Gasteiger partial charge in [-0.1, -0.05) is 18.2 Å². The number of ether oxygens (including phenoxy) is 1. The third kappa shape index (κ3) is 1.95. The number of hydrogen-bond donors (Lipinski definition) is 1. The molecule has 1 N–H and O–H groups in total. The number of carbonyl (C=O) groups is 1. The summed E-state index contributed by atoms with van der Waals surface area (Å²) in [4.78, 5) is 10.7. The topological polar surface area (TPSA) is 38.3 Å². The zero-order valence-corrected chi connectivity index (χ0v) is 8.04. The van der Waals surface area contributed by atoms with Crippen molar-refractivity contribution in [3.05, 3.63) is 29.8 Å². The molecule has 1 unspecified atom stereocenters. The van der Waals surface area contributed by atoms with Crippen LogP contribution in [0.3, 0.4) is 0 Å². The van der Waals surface area contributed by atoms with Gasteiger partial charge in [-0.25, -0.2) is 0 Å². The van der Waals surface area contributed by atoms with Crippen LogP contribution in [0.4, 0.5) is 13.2 Å². The largest absolute Gasteiger partial charge is 0.491 e. The highest BCUT2D eigenvalue weighted by Gasteiger charge is 2.41. The van der Waals surface area contributed by atoms with Crippen LogP contribution in [0, 0.1) is 0 Å². The molecular weight excluding hydrogens is 223 g/mol. The van der Waals surface area contributed by atoms with Crippen LogP contribution >= 0.6 is 0 Å². The molecule has 6 heteroatoms. The maximum absolute atomic E-state index is 12.0. The second kappa shape index (κ2) is 3.70. The van der Waals surface area contributed by atoms with Gasteiger partial charge in [0.1, 0.15) is 12.4 Å². The minimum absolute atomic E-state index is 0.0289. The Morgan fingerprint density at radius 2 is 2.06 bits per heavy atom. The monoisotopic (exact) mass is 231 g/mol. The Bertz CT molecular complexity index is 417. The second-order valence-corrected chi connectivity index (χ2v) is 3.37. The van der Waals surface area contributed by atoms with Gasteiger partial charge in [-0.2, -0.15) is 13.2 Å². The van der Waals surface area contributed by atoms with Gasteiger partial charge in [-0.3, -0.25) is 4.79 Å². The van der Waals surface area contributed by atoms with Crippen LogP contribution in [0.1, 0.15) is 11.6 Å². The summed E-state index contributed by atoms with van der Waals surface area (Å²) >= 11 is 0. The van der Waals surface area contributed by atoms with E-state index in [1.807, 2.05) is 5.32 Å². The number of hydrogen-bond acceptors (Lipinski definition) is 2. The predicted molar refractivity (Wildman–Crippen MR) is 48.9 cm³/mol. The van der Waals surface area contributed by atoms with Gasteiger partial charge in [0.15, 0.2) is 0 Å². The van der Waals surface area contributed by atoms with Crippen molar-refractivity contribution in [2.24, 2.45) is 0 Å². The molecule has 0 fully saturated rings. The first kappa shape index (κ1) is 10.8. The van der Waals surface area contributed by atoms with Crippen LogP contribution in [-0.4, -0.2) is 18.7 Å². The number of fused-ring (bicyclic) bond motifs is 1. The van der Waals surface area contributed by atoms with Crippen molar-refractivity contribution in [3.63, 3.8) is 0 Å². The quantitative estimate of drug-likeness (QED) is 0.800. The Morgan fingerprint density at radius 1 is 1.38 bits per heavy atom. The number of benzene rings is 1. The van der Waals surface area contributed by atoms with Crippen LogP contribution in [0.25, 0.3) is 0 Å². The standard InChI is InChI=1S/C10H8F3NO2/c11-10(12,13)9(15)14-7-5-16-8-4-2-1-3-6(7)8/h1-4,7H,5H2,(H,14,15). The molecule has 16 heavy (non-hydrogen) atoms. The summed E-state index contributed by atoms with van der Waals surface area (Å²) in [6.07, 6.45) is -4.86. The van der Waals surface area contributed by atoms with Gasteiger partial charge in [-0.05, 0) is 6.07 Å². The van der Waals surface area contributed by atoms with Gasteiger partial charge in [-0.15, -0.1) is 0 Å². The van der Waals surface area contributed by atoms with Gasteiger partial charge in [0.25, 0.3) is 0 Å². The highest BCUT2D eigenvalue weighted by atomic mass is 19.4. The molecule has 0 aromatic heterocycles. The Kier molecular flexibility index (Phi) is 2.49. The van der Waals surface area contributed by atoms with Gasteiger partial charge in [0, 0.05) is 5.56 Å². The summed E-state index contributed by atoms with van der Waals surface area (Å²) in [5.74, 6) is -1.44. The molecule has 3 nitrogen and oxygen atoms in total. The summed E-state index contributed by atoms with van der Waals surface area (Å²) in [5.41, 5.74) is 0.570. The van der Waals surface area contributed by atoms with Crippen molar-refractivity contribution in [3.8, 4) is 5.75 Å². The smallest absolute Gasteiger partial charge is 0.471 e. The molecule has 0 bridgehead atoms. The van der Waals surface area contributed by atoms with E-state index < -0.39 is 18.1 Å². The summed E-state index contributed by atoms with van der Waals surface area (Å²) in [5, 5.41) is 1.89. The van der Waals surface area contributed by atoms with E-state index in [4.69, 9.17) is 4.74 Å². The predicted octanol–water partition coefficient (Wildman–Crippen LogP) is 1.80. The molecule has 1 amide bonds. The minimum Gasteiger partial charge on any atom is -0.491 e. The van der Waals surface area contributed by atoms with Gasteiger partial charge in [0.2, 0.25) is 0 Å². The lowest BCUT2D eigenvalue weighted by Gasteiger charge is -2.13. The molecule has 0 spiro atoms. The molecule has 1 atom stereocenters. The average Bonchev–Trinajstić information content (AvgIpc) is 2.61. The van der Waals surface area contributed by atoms with Crippen LogP contribution in [0.5, 0.6) is 5.75 Å². The number of nitrogens with one attached hydrogen (secondary N) is 1. The Hall–Kier alpha value is -1.72. The molecule has 1 aromatic rings. The van der Waals surface area contributed by atoms with Gasteiger partial charge < -0.3 is 10.1 Å². The minimum atomic E-state index is -4.86. The normalized spacial score (nSPS) is 18.8. The van der Waals surface area contributed by atoms with Gasteiger partial charge in [0.05, 0.1) is 6.04 Å². The summed E-state index contributed by atoms with van der Waals surface area (Å²) in [7, 11) is 0. The van der Waals surface area contributed by atoms with E-state index in [2.05, 4.69) is 0 Å². The zero-order chi connectivity index (χ0) is 11.8. The Balaban J connectivity index is 2.12. The fourth-order valence-electron chi connectivity index (χ4n) is 1.52.